The Morgan fingerprint density at radius 3 is 1.27 bits per heavy atom. The third kappa shape index (κ3) is 11.4. The summed E-state index contributed by atoms with van der Waals surface area (Å²) in [5.74, 6) is 0.367. The minimum Gasteiger partial charge on any atom is -1.00 e. The Balaban J connectivity index is 0. The largest absolute Gasteiger partial charge is 2.00 e. The van der Waals surface area contributed by atoms with E-state index in [1.165, 1.54) is 33.4 Å². The van der Waals surface area contributed by atoms with Crippen LogP contribution in [0.2, 0.25) is 0 Å². The van der Waals surface area contributed by atoms with Gasteiger partial charge in [-0.05, 0) is 145 Å². The first-order valence-corrected chi connectivity index (χ1v) is 14.5. The molecule has 2 heterocycles. The van der Waals surface area contributed by atoms with Gasteiger partial charge in [-0.3, -0.25) is 20.0 Å². The maximum atomic E-state index is 4.83. The number of benzene rings is 3. The van der Waals surface area contributed by atoms with E-state index in [0.717, 1.165) is 45.0 Å². The van der Waals surface area contributed by atoms with Crippen molar-refractivity contribution in [2.24, 2.45) is 9.98 Å². The van der Waals surface area contributed by atoms with Gasteiger partial charge < -0.3 is 67.9 Å². The van der Waals surface area contributed by atoms with Gasteiger partial charge in [0.25, 0.3) is 0 Å². The van der Waals surface area contributed by atoms with Crippen LogP contribution in [0.25, 0.3) is 22.3 Å². The van der Waals surface area contributed by atoms with E-state index in [2.05, 4.69) is 94.8 Å². The average molecular weight is 997 g/mol. The molecular formula is C38H38Br4Cu2N4. The molecule has 0 aliphatic carbocycles. The van der Waals surface area contributed by atoms with E-state index in [9.17, 15) is 0 Å². The third-order valence-electron chi connectivity index (χ3n) is 7.65. The standard InChI is InChI=1S/C38H38N4.4BrH.2Cu/c1-24(2)34-15-14-25(3)35(30-18-26(4)37(27(5)19-30)41-22-32-12-8-10-16-39-32)36(34)31-20-28(6)38(29(7)21-31)42-23-33-13-9-11-17-40-33;;;;;;/h8-24H,1-7H3;4*1H;;/q;;;;;2*+2/p-4. The van der Waals surface area contributed by atoms with Crippen molar-refractivity contribution in [3.63, 3.8) is 0 Å². The Morgan fingerprint density at radius 2 is 0.917 bits per heavy atom. The van der Waals surface area contributed by atoms with Crippen molar-refractivity contribution in [2.75, 3.05) is 0 Å². The zero-order chi connectivity index (χ0) is 29.8. The van der Waals surface area contributed by atoms with E-state index in [1.54, 1.807) is 12.4 Å². The quantitative estimate of drug-likeness (QED) is 0.140. The van der Waals surface area contributed by atoms with Crippen LogP contribution in [0.1, 0.15) is 64.5 Å². The molecule has 0 fully saturated rings. The summed E-state index contributed by atoms with van der Waals surface area (Å²) in [6.07, 6.45) is 7.27. The summed E-state index contributed by atoms with van der Waals surface area (Å²) >= 11 is 0. The zero-order valence-electron chi connectivity index (χ0n) is 27.7. The number of rotatable bonds is 7. The molecule has 2 aromatic heterocycles. The number of aryl methyl sites for hydroxylation is 5. The number of pyridine rings is 2. The number of halogens is 4. The zero-order valence-corrected chi connectivity index (χ0v) is 35.9. The van der Waals surface area contributed by atoms with Crippen LogP contribution in [0, 0.1) is 34.6 Å². The van der Waals surface area contributed by atoms with Gasteiger partial charge in [0.1, 0.15) is 0 Å². The van der Waals surface area contributed by atoms with Crippen LogP contribution in [0.4, 0.5) is 11.4 Å². The van der Waals surface area contributed by atoms with Crippen molar-refractivity contribution in [3.05, 3.63) is 130 Å². The van der Waals surface area contributed by atoms with Crippen molar-refractivity contribution in [3.8, 4) is 22.3 Å². The second-order valence-corrected chi connectivity index (χ2v) is 11.3. The van der Waals surface area contributed by atoms with Crippen LogP contribution in [-0.2, 0) is 34.1 Å². The Hall–Kier alpha value is -1.74. The Kier molecular flexibility index (Phi) is 22.3. The first kappa shape index (κ1) is 48.4. The van der Waals surface area contributed by atoms with Crippen molar-refractivity contribution >= 4 is 23.8 Å². The van der Waals surface area contributed by atoms with Crippen LogP contribution in [0.15, 0.2) is 95.2 Å². The average Bonchev–Trinajstić information content (AvgIpc) is 2.97. The molecule has 5 rings (SSSR count). The van der Waals surface area contributed by atoms with Gasteiger partial charge in [-0.25, -0.2) is 0 Å². The molecule has 0 aliphatic rings. The van der Waals surface area contributed by atoms with Gasteiger partial charge in [0.05, 0.1) is 35.2 Å². The summed E-state index contributed by atoms with van der Waals surface area (Å²) in [6.45, 7) is 15.3. The Bertz CT molecular complexity index is 1770. The van der Waals surface area contributed by atoms with Crippen LogP contribution < -0.4 is 67.9 Å². The molecule has 10 heteroatoms. The Labute approximate surface area is 349 Å². The van der Waals surface area contributed by atoms with Crippen LogP contribution in [-0.4, -0.2) is 22.4 Å². The van der Waals surface area contributed by atoms with Gasteiger partial charge in [0.2, 0.25) is 0 Å². The molecule has 48 heavy (non-hydrogen) atoms. The summed E-state index contributed by atoms with van der Waals surface area (Å²) in [7, 11) is 0. The van der Waals surface area contributed by atoms with Gasteiger partial charge in [-0.2, -0.15) is 0 Å². The Morgan fingerprint density at radius 1 is 0.521 bits per heavy atom. The molecule has 0 aliphatic heterocycles. The fourth-order valence-corrected chi connectivity index (χ4v) is 5.66. The fourth-order valence-electron chi connectivity index (χ4n) is 5.66. The van der Waals surface area contributed by atoms with E-state index in [-0.39, 0.29) is 102 Å². The summed E-state index contributed by atoms with van der Waals surface area (Å²) in [6, 6.07) is 25.4. The maximum Gasteiger partial charge on any atom is 2.00 e. The molecule has 0 unspecified atom stereocenters. The van der Waals surface area contributed by atoms with E-state index >= 15 is 0 Å². The smallest absolute Gasteiger partial charge is 1.00 e. The molecule has 260 valence electrons. The molecule has 0 amide bonds. The predicted molar refractivity (Wildman–Crippen MR) is 178 cm³/mol. The second kappa shape index (κ2) is 22.2. The minimum atomic E-state index is 0. The van der Waals surface area contributed by atoms with E-state index in [4.69, 9.17) is 9.98 Å². The molecular weight excluding hydrogens is 959 g/mol. The maximum absolute atomic E-state index is 4.83. The van der Waals surface area contributed by atoms with E-state index < -0.39 is 0 Å². The number of hydrogen-bond acceptors (Lipinski definition) is 4. The molecule has 2 radical (unpaired) electrons. The van der Waals surface area contributed by atoms with Crippen LogP contribution in [0.3, 0.4) is 0 Å². The normalized spacial score (nSPS) is 10.2. The summed E-state index contributed by atoms with van der Waals surface area (Å²) in [5, 5.41) is 0. The van der Waals surface area contributed by atoms with Crippen LogP contribution >= 0.6 is 0 Å². The molecule has 0 N–H and O–H groups in total. The third-order valence-corrected chi connectivity index (χ3v) is 7.65. The number of nitrogens with zero attached hydrogens (tertiary/aromatic N) is 4. The molecule has 4 nitrogen and oxygen atoms in total. The molecule has 0 spiro atoms. The fraction of sp³-hybridized carbons (Fsp3) is 0.211. The number of hydrogen-bond donors (Lipinski definition) is 0. The number of aromatic nitrogens is 2. The predicted octanol–water partition coefficient (Wildman–Crippen LogP) is -2.01. The topological polar surface area (TPSA) is 50.5 Å². The van der Waals surface area contributed by atoms with Gasteiger partial charge in [0, 0.05) is 12.4 Å². The number of aliphatic imine (C=N–C) groups is 2. The summed E-state index contributed by atoms with van der Waals surface area (Å²) < 4.78 is 0. The van der Waals surface area contributed by atoms with Crippen molar-refractivity contribution in [1.82, 2.24) is 9.97 Å². The van der Waals surface area contributed by atoms with Gasteiger partial charge in [-0.1, -0.05) is 38.1 Å². The molecule has 0 saturated heterocycles. The minimum absolute atomic E-state index is 0. The van der Waals surface area contributed by atoms with E-state index in [0.29, 0.717) is 5.92 Å². The van der Waals surface area contributed by atoms with Crippen molar-refractivity contribution in [2.45, 2.75) is 54.4 Å². The van der Waals surface area contributed by atoms with Crippen molar-refractivity contribution in [1.29, 1.82) is 0 Å². The first-order chi connectivity index (χ1) is 20.2. The molecule has 5 aromatic rings. The second-order valence-electron chi connectivity index (χ2n) is 11.3. The molecule has 0 saturated carbocycles. The SMILES string of the molecule is Cc1cc(-c2c(C)ccc(C(C)C)c2-c2cc(C)c(N=Cc3ccccn3)c(C)c2)cc(C)c1N=Cc1ccccn1.[Br-].[Br-].[Br-].[Br-].[Cu+2].[Cu+2]. The molecule has 0 bridgehead atoms. The molecule has 3 aromatic carbocycles. The molecule has 0 atom stereocenters. The van der Waals surface area contributed by atoms with Gasteiger partial charge >= 0.3 is 34.1 Å². The summed E-state index contributed by atoms with van der Waals surface area (Å²) in [4.78, 5) is 18.4. The first-order valence-electron chi connectivity index (χ1n) is 14.5. The van der Waals surface area contributed by atoms with Crippen molar-refractivity contribution < 1.29 is 102 Å². The van der Waals surface area contributed by atoms with Crippen LogP contribution in [0.5, 0.6) is 0 Å². The van der Waals surface area contributed by atoms with Gasteiger partial charge in [-0.15, -0.1) is 0 Å². The van der Waals surface area contributed by atoms with E-state index in [1.807, 2.05) is 48.8 Å². The summed E-state index contributed by atoms with van der Waals surface area (Å²) in [5.41, 5.74) is 15.8. The van der Waals surface area contributed by atoms with Gasteiger partial charge in [0.15, 0.2) is 0 Å². The monoisotopic (exact) mass is 992 g/mol.